The van der Waals surface area contributed by atoms with Crippen molar-refractivity contribution in [1.29, 1.82) is 0 Å². The van der Waals surface area contributed by atoms with Crippen LogP contribution in [0.25, 0.3) is 16.8 Å². The SMILES string of the molecule is O=C1ON=C(c2cccc3ccccc23)C1=Cc1ccc(Cl)cc1Cl. The van der Waals surface area contributed by atoms with Gasteiger partial charge in [-0.3, -0.25) is 0 Å². The van der Waals surface area contributed by atoms with E-state index in [4.69, 9.17) is 28.0 Å². The van der Waals surface area contributed by atoms with Crippen molar-refractivity contribution in [2.45, 2.75) is 0 Å². The maximum absolute atomic E-state index is 12.2. The number of oxime groups is 1. The molecule has 0 spiro atoms. The quantitative estimate of drug-likeness (QED) is 0.443. The fourth-order valence-electron chi connectivity index (χ4n) is 2.81. The Labute approximate surface area is 154 Å². The Kier molecular flexibility index (Phi) is 4.04. The average molecular weight is 368 g/mol. The number of fused-ring (bicyclic) bond motifs is 1. The van der Waals surface area contributed by atoms with Crippen LogP contribution in [0.2, 0.25) is 10.0 Å². The number of benzene rings is 3. The Hall–Kier alpha value is -2.62. The van der Waals surface area contributed by atoms with Crippen molar-refractivity contribution < 1.29 is 9.63 Å². The highest BCUT2D eigenvalue weighted by atomic mass is 35.5. The fraction of sp³-hybridized carbons (Fsp3) is 0. The summed E-state index contributed by atoms with van der Waals surface area (Å²) in [5.41, 5.74) is 2.36. The third-order valence-electron chi connectivity index (χ3n) is 4.00. The summed E-state index contributed by atoms with van der Waals surface area (Å²) in [5.74, 6) is -0.506. The minimum Gasteiger partial charge on any atom is -0.312 e. The molecule has 3 aromatic carbocycles. The topological polar surface area (TPSA) is 38.7 Å². The Morgan fingerprint density at radius 2 is 1.76 bits per heavy atom. The van der Waals surface area contributed by atoms with E-state index in [0.29, 0.717) is 26.9 Å². The van der Waals surface area contributed by atoms with E-state index in [0.717, 1.165) is 16.3 Å². The lowest BCUT2D eigenvalue weighted by atomic mass is 9.95. The summed E-state index contributed by atoms with van der Waals surface area (Å²) in [4.78, 5) is 17.1. The zero-order valence-electron chi connectivity index (χ0n) is 12.9. The fourth-order valence-corrected chi connectivity index (χ4v) is 3.27. The first-order valence-corrected chi connectivity index (χ1v) is 8.34. The molecule has 0 saturated carbocycles. The van der Waals surface area contributed by atoms with Gasteiger partial charge in [0.25, 0.3) is 0 Å². The van der Waals surface area contributed by atoms with Crippen LogP contribution in [-0.4, -0.2) is 11.7 Å². The highest BCUT2D eigenvalue weighted by molar-refractivity contribution is 6.37. The number of hydrogen-bond donors (Lipinski definition) is 0. The summed E-state index contributed by atoms with van der Waals surface area (Å²) in [7, 11) is 0. The van der Waals surface area contributed by atoms with Crippen molar-refractivity contribution in [3.63, 3.8) is 0 Å². The van der Waals surface area contributed by atoms with Gasteiger partial charge in [0, 0.05) is 15.6 Å². The predicted molar refractivity (Wildman–Crippen MR) is 101 cm³/mol. The molecule has 1 heterocycles. The summed E-state index contributed by atoms with van der Waals surface area (Å²) < 4.78 is 0. The first kappa shape index (κ1) is 15.9. The second-order valence-electron chi connectivity index (χ2n) is 5.57. The Morgan fingerprint density at radius 1 is 0.960 bits per heavy atom. The average Bonchev–Trinajstić information content (AvgIpc) is 2.97. The van der Waals surface area contributed by atoms with Crippen LogP contribution in [0, 0.1) is 0 Å². The normalized spacial score (nSPS) is 15.5. The Morgan fingerprint density at radius 3 is 2.60 bits per heavy atom. The van der Waals surface area contributed by atoms with Crippen molar-refractivity contribution in [2.75, 3.05) is 0 Å². The van der Waals surface area contributed by atoms with E-state index >= 15 is 0 Å². The predicted octanol–water partition coefficient (Wildman–Crippen LogP) is 5.49. The van der Waals surface area contributed by atoms with Gasteiger partial charge in [-0.05, 0) is 34.5 Å². The molecule has 1 aliphatic rings. The molecule has 0 N–H and O–H groups in total. The van der Waals surface area contributed by atoms with Gasteiger partial charge in [0.15, 0.2) is 0 Å². The minimum atomic E-state index is -0.506. The van der Waals surface area contributed by atoms with Gasteiger partial charge >= 0.3 is 5.97 Å². The van der Waals surface area contributed by atoms with Gasteiger partial charge in [-0.2, -0.15) is 0 Å². The molecular formula is C20H11Cl2NO2. The Bertz CT molecular complexity index is 1060. The third kappa shape index (κ3) is 2.93. The second-order valence-corrected chi connectivity index (χ2v) is 6.41. The molecule has 0 saturated heterocycles. The molecule has 0 aromatic heterocycles. The number of carbonyl (C=O) groups is 1. The van der Waals surface area contributed by atoms with Gasteiger partial charge in [0.05, 0.1) is 5.57 Å². The number of halogens is 2. The zero-order chi connectivity index (χ0) is 17.4. The molecule has 3 nitrogen and oxygen atoms in total. The summed E-state index contributed by atoms with van der Waals surface area (Å²) in [6.45, 7) is 0. The molecule has 0 atom stereocenters. The zero-order valence-corrected chi connectivity index (χ0v) is 14.4. The highest BCUT2D eigenvalue weighted by Crippen LogP contribution is 2.29. The molecule has 0 aliphatic carbocycles. The number of hydrogen-bond acceptors (Lipinski definition) is 3. The molecule has 5 heteroatoms. The van der Waals surface area contributed by atoms with Crippen LogP contribution in [0.1, 0.15) is 11.1 Å². The maximum Gasteiger partial charge on any atom is 0.368 e. The van der Waals surface area contributed by atoms with Crippen LogP contribution in [-0.2, 0) is 9.63 Å². The first-order valence-electron chi connectivity index (χ1n) is 7.58. The van der Waals surface area contributed by atoms with Crippen molar-refractivity contribution >= 4 is 51.7 Å². The number of carbonyl (C=O) groups excluding carboxylic acids is 1. The standard InChI is InChI=1S/C20H11Cl2NO2/c21-14-9-8-13(18(22)11-14)10-17-19(23-25-20(17)24)16-7-3-5-12-4-1-2-6-15(12)16/h1-11H. The van der Waals surface area contributed by atoms with Gasteiger partial charge in [-0.25, -0.2) is 4.79 Å². The molecule has 3 aromatic rings. The number of nitrogens with zero attached hydrogens (tertiary/aromatic N) is 1. The van der Waals surface area contributed by atoms with Gasteiger partial charge < -0.3 is 4.84 Å². The van der Waals surface area contributed by atoms with E-state index < -0.39 is 5.97 Å². The van der Waals surface area contributed by atoms with Gasteiger partial charge in [0.1, 0.15) is 5.71 Å². The second kappa shape index (κ2) is 6.36. The van der Waals surface area contributed by atoms with E-state index in [9.17, 15) is 4.79 Å². The van der Waals surface area contributed by atoms with Crippen LogP contribution in [0.3, 0.4) is 0 Å². The molecule has 122 valence electrons. The minimum absolute atomic E-state index is 0.362. The monoisotopic (exact) mass is 367 g/mol. The van der Waals surface area contributed by atoms with E-state index in [1.807, 2.05) is 42.5 Å². The van der Waals surface area contributed by atoms with Crippen LogP contribution < -0.4 is 0 Å². The summed E-state index contributed by atoms with van der Waals surface area (Å²) in [5, 5.41) is 7.04. The van der Waals surface area contributed by atoms with Crippen molar-refractivity contribution in [2.24, 2.45) is 5.16 Å². The van der Waals surface area contributed by atoms with E-state index in [2.05, 4.69) is 5.16 Å². The summed E-state index contributed by atoms with van der Waals surface area (Å²) in [6, 6.07) is 18.9. The van der Waals surface area contributed by atoms with Crippen LogP contribution in [0.4, 0.5) is 0 Å². The lowest BCUT2D eigenvalue weighted by molar-refractivity contribution is -0.136. The van der Waals surface area contributed by atoms with Crippen molar-refractivity contribution in [3.05, 3.63) is 87.4 Å². The third-order valence-corrected chi connectivity index (χ3v) is 4.56. The smallest absolute Gasteiger partial charge is 0.312 e. The molecule has 0 radical (unpaired) electrons. The summed E-state index contributed by atoms with van der Waals surface area (Å²) in [6.07, 6.45) is 1.68. The van der Waals surface area contributed by atoms with Crippen LogP contribution in [0.15, 0.2) is 71.4 Å². The first-order chi connectivity index (χ1) is 12.1. The van der Waals surface area contributed by atoms with Gasteiger partial charge in [-0.1, -0.05) is 76.9 Å². The van der Waals surface area contributed by atoms with Gasteiger partial charge in [-0.15, -0.1) is 0 Å². The van der Waals surface area contributed by atoms with Gasteiger partial charge in [0.2, 0.25) is 0 Å². The Balaban J connectivity index is 1.86. The van der Waals surface area contributed by atoms with Crippen LogP contribution >= 0.6 is 23.2 Å². The number of rotatable bonds is 2. The largest absolute Gasteiger partial charge is 0.368 e. The summed E-state index contributed by atoms with van der Waals surface area (Å²) >= 11 is 12.2. The van der Waals surface area contributed by atoms with Crippen molar-refractivity contribution in [3.8, 4) is 0 Å². The molecule has 0 fully saturated rings. The van der Waals surface area contributed by atoms with E-state index in [1.165, 1.54) is 0 Å². The van der Waals surface area contributed by atoms with Crippen molar-refractivity contribution in [1.82, 2.24) is 0 Å². The lowest BCUT2D eigenvalue weighted by Crippen LogP contribution is -2.07. The molecule has 1 aliphatic heterocycles. The molecular weight excluding hydrogens is 357 g/mol. The van der Waals surface area contributed by atoms with E-state index in [-0.39, 0.29) is 0 Å². The molecule has 0 unspecified atom stereocenters. The molecule has 4 rings (SSSR count). The van der Waals surface area contributed by atoms with Crippen LogP contribution in [0.5, 0.6) is 0 Å². The molecule has 0 bridgehead atoms. The van der Waals surface area contributed by atoms with E-state index in [1.54, 1.807) is 24.3 Å². The maximum atomic E-state index is 12.2. The lowest BCUT2D eigenvalue weighted by Gasteiger charge is -2.06. The molecule has 0 amide bonds. The molecule has 25 heavy (non-hydrogen) atoms. The highest BCUT2D eigenvalue weighted by Gasteiger charge is 2.28.